The zero-order chi connectivity index (χ0) is 23.2. The van der Waals surface area contributed by atoms with Crippen LogP contribution in [0.2, 0.25) is 0 Å². The first-order valence-corrected chi connectivity index (χ1v) is 10.9. The Bertz CT molecular complexity index is 1380. The molecule has 0 aliphatic carbocycles. The molecule has 3 heterocycles. The van der Waals surface area contributed by atoms with Crippen LogP contribution in [0.4, 0.5) is 11.6 Å². The summed E-state index contributed by atoms with van der Waals surface area (Å²) < 4.78 is 3.63. The SMILES string of the molecule is N#Cc1ccc(NCc2ccc(-n3cccn3)cc2)nc1NCc1ccc(-n2cccn2)cc1. The third kappa shape index (κ3) is 4.79. The minimum Gasteiger partial charge on any atom is -0.366 e. The monoisotopic (exact) mass is 446 g/mol. The molecule has 34 heavy (non-hydrogen) atoms. The van der Waals surface area contributed by atoms with E-state index < -0.39 is 0 Å². The Hall–Kier alpha value is -4.90. The maximum absolute atomic E-state index is 9.49. The zero-order valence-corrected chi connectivity index (χ0v) is 18.3. The summed E-state index contributed by atoms with van der Waals surface area (Å²) >= 11 is 0. The van der Waals surface area contributed by atoms with Crippen LogP contribution >= 0.6 is 0 Å². The van der Waals surface area contributed by atoms with Gasteiger partial charge in [-0.15, -0.1) is 0 Å². The lowest BCUT2D eigenvalue weighted by atomic mass is 10.2. The Balaban J connectivity index is 1.22. The van der Waals surface area contributed by atoms with Gasteiger partial charge in [-0.2, -0.15) is 15.5 Å². The van der Waals surface area contributed by atoms with E-state index in [9.17, 15) is 5.26 Å². The van der Waals surface area contributed by atoms with Gasteiger partial charge in [0.15, 0.2) is 0 Å². The Labute approximate surface area is 197 Å². The van der Waals surface area contributed by atoms with Gasteiger partial charge < -0.3 is 10.6 Å². The summed E-state index contributed by atoms with van der Waals surface area (Å²) in [6.45, 7) is 1.17. The molecule has 0 atom stereocenters. The maximum atomic E-state index is 9.49. The third-order valence-electron chi connectivity index (χ3n) is 5.36. The second kappa shape index (κ2) is 9.71. The van der Waals surface area contributed by atoms with Crippen LogP contribution in [0.5, 0.6) is 0 Å². The molecule has 2 N–H and O–H groups in total. The van der Waals surface area contributed by atoms with E-state index in [0.29, 0.717) is 30.3 Å². The molecule has 5 rings (SSSR count). The molecule has 3 aromatic heterocycles. The Morgan fingerprint density at radius 3 is 1.76 bits per heavy atom. The van der Waals surface area contributed by atoms with Crippen LogP contribution in [0.1, 0.15) is 16.7 Å². The summed E-state index contributed by atoms with van der Waals surface area (Å²) in [6.07, 6.45) is 7.33. The number of hydrogen-bond donors (Lipinski definition) is 2. The lowest BCUT2D eigenvalue weighted by Gasteiger charge is -2.12. The van der Waals surface area contributed by atoms with Crippen LogP contribution in [0.3, 0.4) is 0 Å². The fourth-order valence-electron chi connectivity index (χ4n) is 3.54. The van der Waals surface area contributed by atoms with E-state index in [0.717, 1.165) is 22.5 Å². The van der Waals surface area contributed by atoms with Gasteiger partial charge >= 0.3 is 0 Å². The molecule has 0 radical (unpaired) electrons. The minimum absolute atomic E-state index is 0.502. The number of nitriles is 1. The molecular formula is C26H22N8. The second-order valence-electron chi connectivity index (χ2n) is 7.65. The highest BCUT2D eigenvalue weighted by molar-refractivity contribution is 5.57. The van der Waals surface area contributed by atoms with Crippen molar-refractivity contribution >= 4 is 11.6 Å². The molecule has 8 heteroatoms. The number of aromatic nitrogens is 5. The van der Waals surface area contributed by atoms with E-state index in [4.69, 9.17) is 0 Å². The number of hydrogen-bond acceptors (Lipinski definition) is 6. The number of nitrogens with one attached hydrogen (secondary N) is 2. The van der Waals surface area contributed by atoms with E-state index in [2.05, 4.69) is 44.0 Å². The average Bonchev–Trinajstić information content (AvgIpc) is 3.62. The van der Waals surface area contributed by atoms with Crippen molar-refractivity contribution < 1.29 is 0 Å². The van der Waals surface area contributed by atoms with Crippen LogP contribution < -0.4 is 10.6 Å². The first-order valence-electron chi connectivity index (χ1n) is 10.9. The van der Waals surface area contributed by atoms with Crippen molar-refractivity contribution in [2.45, 2.75) is 13.1 Å². The van der Waals surface area contributed by atoms with Gasteiger partial charge in [0, 0.05) is 37.9 Å². The van der Waals surface area contributed by atoms with E-state index in [1.807, 2.05) is 76.4 Å². The van der Waals surface area contributed by atoms with Crippen LogP contribution in [-0.4, -0.2) is 24.5 Å². The lowest BCUT2D eigenvalue weighted by Crippen LogP contribution is -2.07. The van der Waals surface area contributed by atoms with Gasteiger partial charge in [-0.1, -0.05) is 24.3 Å². The van der Waals surface area contributed by atoms with Crippen molar-refractivity contribution in [3.05, 3.63) is 114 Å². The fraction of sp³-hybridized carbons (Fsp3) is 0.0769. The Morgan fingerprint density at radius 2 is 1.26 bits per heavy atom. The minimum atomic E-state index is 0.502. The number of anilines is 2. The first-order chi connectivity index (χ1) is 16.8. The third-order valence-corrected chi connectivity index (χ3v) is 5.36. The van der Waals surface area contributed by atoms with E-state index in [-0.39, 0.29) is 0 Å². The topological polar surface area (TPSA) is 96.4 Å². The number of benzene rings is 2. The first kappa shape index (κ1) is 21.0. The van der Waals surface area contributed by atoms with Gasteiger partial charge in [-0.25, -0.2) is 14.3 Å². The molecule has 0 amide bonds. The normalized spacial score (nSPS) is 10.6. The van der Waals surface area contributed by atoms with Gasteiger partial charge in [0.1, 0.15) is 17.7 Å². The van der Waals surface area contributed by atoms with Crippen molar-refractivity contribution in [2.24, 2.45) is 0 Å². The number of pyridine rings is 1. The second-order valence-corrected chi connectivity index (χ2v) is 7.65. The summed E-state index contributed by atoms with van der Waals surface area (Å²) in [6, 6.07) is 25.9. The molecule has 2 aromatic carbocycles. The predicted octanol–water partition coefficient (Wildman–Crippen LogP) is 4.55. The van der Waals surface area contributed by atoms with Crippen molar-refractivity contribution in [1.82, 2.24) is 24.5 Å². The predicted molar refractivity (Wildman–Crippen MR) is 131 cm³/mol. The van der Waals surface area contributed by atoms with E-state index in [1.165, 1.54) is 0 Å². The van der Waals surface area contributed by atoms with E-state index >= 15 is 0 Å². The zero-order valence-electron chi connectivity index (χ0n) is 18.3. The molecule has 166 valence electrons. The smallest absolute Gasteiger partial charge is 0.146 e. The summed E-state index contributed by atoms with van der Waals surface area (Å²) in [5.41, 5.74) is 4.70. The van der Waals surface area contributed by atoms with E-state index in [1.54, 1.807) is 18.5 Å². The van der Waals surface area contributed by atoms with Crippen LogP contribution in [-0.2, 0) is 13.1 Å². The quantitative estimate of drug-likeness (QED) is 0.363. The molecule has 0 aliphatic heterocycles. The van der Waals surface area contributed by atoms with Gasteiger partial charge in [0.2, 0.25) is 0 Å². The van der Waals surface area contributed by atoms with Crippen molar-refractivity contribution in [2.75, 3.05) is 10.6 Å². The fourth-order valence-corrected chi connectivity index (χ4v) is 3.54. The highest BCUT2D eigenvalue weighted by Gasteiger charge is 2.07. The van der Waals surface area contributed by atoms with Crippen LogP contribution in [0, 0.1) is 11.3 Å². The summed E-state index contributed by atoms with van der Waals surface area (Å²) in [5, 5.41) is 24.6. The molecule has 0 spiro atoms. The highest BCUT2D eigenvalue weighted by Crippen LogP contribution is 2.18. The Kier molecular flexibility index (Phi) is 5.99. The van der Waals surface area contributed by atoms with Crippen LogP contribution in [0.15, 0.2) is 97.6 Å². The van der Waals surface area contributed by atoms with Gasteiger partial charge in [0.05, 0.1) is 16.9 Å². The Morgan fingerprint density at radius 1 is 0.706 bits per heavy atom. The molecule has 8 nitrogen and oxygen atoms in total. The molecule has 0 aliphatic rings. The molecular weight excluding hydrogens is 424 g/mol. The van der Waals surface area contributed by atoms with Gasteiger partial charge in [0.25, 0.3) is 0 Å². The summed E-state index contributed by atoms with van der Waals surface area (Å²) in [5.74, 6) is 1.25. The van der Waals surface area contributed by atoms with Gasteiger partial charge in [-0.05, 0) is 59.7 Å². The highest BCUT2D eigenvalue weighted by atomic mass is 15.3. The maximum Gasteiger partial charge on any atom is 0.146 e. The molecule has 0 bridgehead atoms. The standard InChI is InChI=1S/C26H22N8/c27-17-22-7-12-25(28-18-20-3-8-23(9-4-20)33-15-1-13-30-33)32-26(22)29-19-21-5-10-24(11-6-21)34-16-2-14-31-34/h1-16H,18-19H2,(H2,28,29,32). The van der Waals surface area contributed by atoms with Gasteiger partial charge in [-0.3, -0.25) is 0 Å². The summed E-state index contributed by atoms with van der Waals surface area (Å²) in [4.78, 5) is 4.62. The number of rotatable bonds is 8. The summed E-state index contributed by atoms with van der Waals surface area (Å²) in [7, 11) is 0. The largest absolute Gasteiger partial charge is 0.366 e. The van der Waals surface area contributed by atoms with Crippen molar-refractivity contribution in [1.29, 1.82) is 5.26 Å². The van der Waals surface area contributed by atoms with Crippen molar-refractivity contribution in [3.8, 4) is 17.4 Å². The van der Waals surface area contributed by atoms with Crippen LogP contribution in [0.25, 0.3) is 11.4 Å². The van der Waals surface area contributed by atoms with Crippen molar-refractivity contribution in [3.63, 3.8) is 0 Å². The average molecular weight is 447 g/mol. The lowest BCUT2D eigenvalue weighted by molar-refractivity contribution is 0.879. The molecule has 0 saturated heterocycles. The molecule has 0 saturated carbocycles. The molecule has 0 unspecified atom stereocenters. The molecule has 5 aromatic rings. The number of nitrogens with zero attached hydrogens (tertiary/aromatic N) is 6. The molecule has 0 fully saturated rings.